The molecule has 0 aliphatic carbocycles. The summed E-state index contributed by atoms with van der Waals surface area (Å²) in [6.07, 6.45) is -0.567. The molecule has 2 N–H and O–H groups in total. The quantitative estimate of drug-likeness (QED) is 0.557. The zero-order chi connectivity index (χ0) is 26.1. The van der Waals surface area contributed by atoms with Crippen LogP contribution < -0.4 is 15.5 Å². The van der Waals surface area contributed by atoms with E-state index in [2.05, 4.69) is 10.0 Å². The molecule has 9 nitrogen and oxygen atoms in total. The summed E-state index contributed by atoms with van der Waals surface area (Å²) in [6.45, 7) is 16.4. The third kappa shape index (κ3) is 7.20. The lowest BCUT2D eigenvalue weighted by Crippen LogP contribution is -2.50. The Bertz CT molecular complexity index is 1000. The van der Waals surface area contributed by atoms with Crippen LogP contribution in [0.3, 0.4) is 0 Å². The molecule has 0 aromatic heterocycles. The summed E-state index contributed by atoms with van der Waals surface area (Å²) < 4.78 is 45.3. The second-order valence-corrected chi connectivity index (χ2v) is 12.6. The van der Waals surface area contributed by atoms with Crippen LogP contribution in [0.25, 0.3) is 0 Å². The summed E-state index contributed by atoms with van der Waals surface area (Å²) in [4.78, 5) is 24.9. The van der Waals surface area contributed by atoms with E-state index in [4.69, 9.17) is 14.0 Å². The second kappa shape index (κ2) is 9.87. The maximum absolute atomic E-state index is 13.0. The minimum Gasteiger partial charge on any atom is -0.444 e. The van der Waals surface area contributed by atoms with Crippen LogP contribution in [0, 0.1) is 5.92 Å². The van der Waals surface area contributed by atoms with E-state index >= 15 is 0 Å². The minimum absolute atomic E-state index is 0.0140. The molecule has 0 unspecified atom stereocenters. The molecule has 1 aliphatic heterocycles. The van der Waals surface area contributed by atoms with Crippen molar-refractivity contribution < 1.29 is 32.1 Å². The first-order valence-electron chi connectivity index (χ1n) is 11.3. The van der Waals surface area contributed by atoms with Crippen molar-refractivity contribution in [2.75, 3.05) is 0 Å². The van der Waals surface area contributed by atoms with Gasteiger partial charge in [0, 0.05) is 0 Å². The third-order valence-electron chi connectivity index (χ3n) is 5.64. The Morgan fingerprint density at radius 1 is 1.09 bits per heavy atom. The van der Waals surface area contributed by atoms with E-state index in [0.29, 0.717) is 5.46 Å². The van der Waals surface area contributed by atoms with Crippen molar-refractivity contribution >= 4 is 34.6 Å². The normalized spacial score (nSPS) is 18.5. The van der Waals surface area contributed by atoms with Crippen molar-refractivity contribution in [1.29, 1.82) is 0 Å². The molecule has 0 saturated carbocycles. The Kier molecular flexibility index (Phi) is 8.17. The topological polar surface area (TPSA) is 120 Å². The van der Waals surface area contributed by atoms with Crippen LogP contribution in [-0.2, 0) is 28.9 Å². The van der Waals surface area contributed by atoms with Crippen LogP contribution in [0.15, 0.2) is 29.2 Å². The highest BCUT2D eigenvalue weighted by Crippen LogP contribution is 2.36. The van der Waals surface area contributed by atoms with Crippen molar-refractivity contribution in [1.82, 2.24) is 10.0 Å². The number of amides is 2. The smallest absolute Gasteiger partial charge is 0.444 e. The average Bonchev–Trinajstić information content (AvgIpc) is 2.86. The fourth-order valence-electron chi connectivity index (χ4n) is 3.22. The van der Waals surface area contributed by atoms with Gasteiger partial charge in [-0.2, -0.15) is 0 Å². The van der Waals surface area contributed by atoms with Crippen molar-refractivity contribution in [2.24, 2.45) is 5.92 Å². The summed E-state index contributed by atoms with van der Waals surface area (Å²) in [5, 5.41) is 2.48. The van der Waals surface area contributed by atoms with Gasteiger partial charge in [0.1, 0.15) is 11.6 Å². The summed E-state index contributed by atoms with van der Waals surface area (Å²) in [5.41, 5.74) is -1.42. The van der Waals surface area contributed by atoms with Crippen LogP contribution in [0.1, 0.15) is 68.7 Å². The molecule has 2 amide bonds. The Labute approximate surface area is 203 Å². The number of carbonyl (C=O) groups excluding carboxylic acids is 2. The van der Waals surface area contributed by atoms with Crippen molar-refractivity contribution in [3.63, 3.8) is 0 Å². The van der Waals surface area contributed by atoms with Gasteiger partial charge in [0.2, 0.25) is 0 Å². The number of benzene rings is 1. The summed E-state index contributed by atoms with van der Waals surface area (Å²) in [5.74, 6) is -0.833. The van der Waals surface area contributed by atoms with E-state index in [0.717, 1.165) is 0 Å². The zero-order valence-corrected chi connectivity index (χ0v) is 22.3. The first-order valence-corrected chi connectivity index (χ1v) is 12.8. The predicted octanol–water partition coefficient (Wildman–Crippen LogP) is 2.73. The van der Waals surface area contributed by atoms with Crippen molar-refractivity contribution in [3.8, 4) is 0 Å². The first-order chi connectivity index (χ1) is 15.3. The Hall–Kier alpha value is -2.11. The largest absolute Gasteiger partial charge is 0.494 e. The zero-order valence-electron chi connectivity index (χ0n) is 21.5. The fourth-order valence-corrected chi connectivity index (χ4v) is 4.30. The highest BCUT2D eigenvalue weighted by atomic mass is 32.2. The van der Waals surface area contributed by atoms with Crippen molar-refractivity contribution in [2.45, 2.75) is 96.5 Å². The molecule has 1 atom stereocenters. The summed E-state index contributed by atoms with van der Waals surface area (Å²) >= 11 is 0. The monoisotopic (exact) mass is 496 g/mol. The summed E-state index contributed by atoms with van der Waals surface area (Å²) in [7, 11) is -4.98. The number of alkyl carbamates (subject to hydrolysis) is 1. The highest BCUT2D eigenvalue weighted by molar-refractivity contribution is 7.90. The second-order valence-electron chi connectivity index (χ2n) is 11.0. The van der Waals surface area contributed by atoms with Gasteiger partial charge >= 0.3 is 13.2 Å². The molecule has 0 bridgehead atoms. The Balaban J connectivity index is 2.21. The number of nitrogens with one attached hydrogen (secondary N) is 2. The lowest BCUT2D eigenvalue weighted by Gasteiger charge is -2.32. The third-order valence-corrected chi connectivity index (χ3v) is 6.99. The molecule has 1 fully saturated rings. The van der Waals surface area contributed by atoms with Crippen molar-refractivity contribution in [3.05, 3.63) is 24.3 Å². The molecule has 0 radical (unpaired) electrons. The Morgan fingerprint density at radius 3 is 2.15 bits per heavy atom. The average molecular weight is 496 g/mol. The maximum atomic E-state index is 13.0. The molecule has 11 heteroatoms. The lowest BCUT2D eigenvalue weighted by molar-refractivity contribution is -0.121. The van der Waals surface area contributed by atoms with Crippen LogP contribution in [-0.4, -0.2) is 50.4 Å². The van der Waals surface area contributed by atoms with E-state index in [9.17, 15) is 18.0 Å². The molecule has 190 valence electrons. The van der Waals surface area contributed by atoms with Crippen LogP contribution in [0.2, 0.25) is 0 Å². The standard InChI is InChI=1S/C23H37BN2O7S/c1-15(2)13-18(25-20(28)31-21(3,4)5)19(27)26-34(29,30)17-12-10-11-16(14-17)24-32-22(6,7)23(8,9)33-24/h10-12,14-15,18H,13H2,1-9H3,(H,25,28)(H,26,27)/t18-/m0/s1. The van der Waals surface area contributed by atoms with Gasteiger partial charge in [-0.3, -0.25) is 4.79 Å². The SMILES string of the molecule is CC(C)C[C@H](NC(=O)OC(C)(C)C)C(=O)NS(=O)(=O)c1cccc(B2OC(C)(C)C(C)(C)O2)c1. The number of carbonyl (C=O) groups is 2. The van der Waals surface area contributed by atoms with Gasteiger partial charge in [-0.25, -0.2) is 17.9 Å². The van der Waals surface area contributed by atoms with Crippen LogP contribution in [0.4, 0.5) is 4.79 Å². The minimum atomic E-state index is -4.22. The molecule has 1 aliphatic rings. The fraction of sp³-hybridized carbons (Fsp3) is 0.652. The molecular weight excluding hydrogens is 459 g/mol. The molecular formula is C23H37BN2O7S. The lowest BCUT2D eigenvalue weighted by atomic mass is 9.79. The highest BCUT2D eigenvalue weighted by Gasteiger charge is 2.51. The van der Waals surface area contributed by atoms with E-state index in [1.165, 1.54) is 12.1 Å². The molecule has 1 aromatic carbocycles. The molecule has 1 saturated heterocycles. The number of ether oxygens (including phenoxy) is 1. The van der Waals surface area contributed by atoms with Crippen LogP contribution >= 0.6 is 0 Å². The molecule has 2 rings (SSSR count). The number of hydrogen-bond acceptors (Lipinski definition) is 7. The van der Waals surface area contributed by atoms with Gasteiger partial charge in [0.05, 0.1) is 16.1 Å². The number of rotatable bonds is 7. The molecule has 1 heterocycles. The predicted molar refractivity (Wildman–Crippen MR) is 130 cm³/mol. The van der Waals surface area contributed by atoms with E-state index in [1.807, 2.05) is 41.5 Å². The maximum Gasteiger partial charge on any atom is 0.494 e. The van der Waals surface area contributed by atoms with E-state index in [-0.39, 0.29) is 17.2 Å². The van der Waals surface area contributed by atoms with Gasteiger partial charge < -0.3 is 19.4 Å². The number of sulfonamides is 1. The van der Waals surface area contributed by atoms with Gasteiger partial charge in [0.15, 0.2) is 0 Å². The molecule has 1 aromatic rings. The van der Waals surface area contributed by atoms with E-state index < -0.39 is 52.0 Å². The van der Waals surface area contributed by atoms with Crippen LogP contribution in [0.5, 0.6) is 0 Å². The number of hydrogen-bond donors (Lipinski definition) is 2. The van der Waals surface area contributed by atoms with E-state index in [1.54, 1.807) is 32.9 Å². The van der Waals surface area contributed by atoms with Gasteiger partial charge in [-0.1, -0.05) is 26.0 Å². The molecule has 0 spiro atoms. The van der Waals surface area contributed by atoms with Gasteiger partial charge in [0.25, 0.3) is 15.9 Å². The first kappa shape index (κ1) is 28.1. The van der Waals surface area contributed by atoms with Gasteiger partial charge in [-0.15, -0.1) is 0 Å². The Morgan fingerprint density at radius 2 is 1.65 bits per heavy atom. The van der Waals surface area contributed by atoms with Gasteiger partial charge in [-0.05, 0) is 78.4 Å². The summed E-state index contributed by atoms with van der Waals surface area (Å²) in [6, 6.07) is 4.97. The molecule has 34 heavy (non-hydrogen) atoms.